The predicted octanol–water partition coefficient (Wildman–Crippen LogP) is 1.49. The Balaban J connectivity index is 3.10. The van der Waals surface area contributed by atoms with Crippen LogP contribution in [-0.4, -0.2) is 6.29 Å². The van der Waals surface area contributed by atoms with Gasteiger partial charge in [-0.1, -0.05) is 11.8 Å². The Kier molecular flexibility index (Phi) is 3.19. The third-order valence-corrected chi connectivity index (χ3v) is 1.46. The number of nitrogen functional groups attached to an aromatic ring is 1. The second-order valence-corrected chi connectivity index (χ2v) is 2.53. The van der Waals surface area contributed by atoms with E-state index in [2.05, 4.69) is 11.8 Å². The summed E-state index contributed by atoms with van der Waals surface area (Å²) in [6, 6.07) is 1.96. The van der Waals surface area contributed by atoms with E-state index in [1.807, 2.05) is 0 Å². The molecule has 0 saturated carbocycles. The third-order valence-electron chi connectivity index (χ3n) is 1.46. The Bertz CT molecular complexity index is 395. The second-order valence-electron chi connectivity index (χ2n) is 2.53. The minimum absolute atomic E-state index is 0.000868. The van der Waals surface area contributed by atoms with Crippen molar-refractivity contribution in [3.8, 4) is 11.8 Å². The minimum atomic E-state index is -0.819. The van der Waals surface area contributed by atoms with Crippen LogP contribution in [0.25, 0.3) is 0 Å². The summed E-state index contributed by atoms with van der Waals surface area (Å²) in [6.45, 7) is 0. The van der Waals surface area contributed by atoms with E-state index < -0.39 is 11.6 Å². The van der Waals surface area contributed by atoms with Crippen molar-refractivity contribution in [3.05, 3.63) is 29.3 Å². The molecule has 0 radical (unpaired) electrons. The van der Waals surface area contributed by atoms with Gasteiger partial charge in [0.25, 0.3) is 0 Å². The number of benzene rings is 1. The molecule has 0 unspecified atom stereocenters. The first-order valence-electron chi connectivity index (χ1n) is 3.82. The molecule has 0 heterocycles. The number of hydrogen-bond acceptors (Lipinski definition) is 2. The Morgan fingerprint density at radius 2 is 1.93 bits per heavy atom. The molecule has 1 aromatic rings. The molecular weight excluding hydrogens is 188 g/mol. The van der Waals surface area contributed by atoms with Crippen LogP contribution in [0.3, 0.4) is 0 Å². The van der Waals surface area contributed by atoms with Crippen LogP contribution in [-0.2, 0) is 4.79 Å². The number of hydrogen-bond donors (Lipinski definition) is 1. The quantitative estimate of drug-likeness (QED) is 0.419. The highest BCUT2D eigenvalue weighted by Gasteiger charge is 2.06. The second kappa shape index (κ2) is 4.38. The molecule has 72 valence electrons. The highest BCUT2D eigenvalue weighted by Crippen LogP contribution is 2.15. The molecule has 1 aromatic carbocycles. The van der Waals surface area contributed by atoms with E-state index in [0.717, 1.165) is 12.1 Å². The Hall–Kier alpha value is -1.89. The molecule has 1 rings (SSSR count). The van der Waals surface area contributed by atoms with Crippen LogP contribution in [0, 0.1) is 23.5 Å². The van der Waals surface area contributed by atoms with Gasteiger partial charge in [0.1, 0.15) is 17.9 Å². The predicted molar refractivity (Wildman–Crippen MR) is 48.3 cm³/mol. The van der Waals surface area contributed by atoms with Crippen molar-refractivity contribution in [1.82, 2.24) is 0 Å². The van der Waals surface area contributed by atoms with Gasteiger partial charge in [0.05, 0.1) is 12.0 Å². The van der Waals surface area contributed by atoms with Crippen LogP contribution < -0.4 is 5.73 Å². The van der Waals surface area contributed by atoms with Crippen molar-refractivity contribution < 1.29 is 13.6 Å². The van der Waals surface area contributed by atoms with Gasteiger partial charge in [-0.25, -0.2) is 8.78 Å². The molecule has 0 aliphatic carbocycles. The van der Waals surface area contributed by atoms with Gasteiger partial charge in [0, 0.05) is 5.69 Å². The maximum Gasteiger partial charge on any atom is 0.143 e. The maximum absolute atomic E-state index is 13.0. The Morgan fingerprint density at radius 3 is 2.43 bits per heavy atom. The molecule has 0 atom stereocenters. The van der Waals surface area contributed by atoms with E-state index in [1.54, 1.807) is 0 Å². The summed E-state index contributed by atoms with van der Waals surface area (Å²) in [5.74, 6) is 2.90. The molecule has 0 amide bonds. The molecule has 0 aromatic heterocycles. The summed E-state index contributed by atoms with van der Waals surface area (Å²) < 4.78 is 26.1. The molecular formula is C10H7F2NO. The van der Waals surface area contributed by atoms with Gasteiger partial charge in [0.2, 0.25) is 0 Å². The topological polar surface area (TPSA) is 43.1 Å². The summed E-state index contributed by atoms with van der Waals surface area (Å²) in [6.07, 6.45) is 0.503. The SMILES string of the molecule is Nc1cc(F)c(C#CCC=O)c(F)c1. The van der Waals surface area contributed by atoms with Gasteiger partial charge >= 0.3 is 0 Å². The van der Waals surface area contributed by atoms with Gasteiger partial charge < -0.3 is 10.5 Å². The highest BCUT2D eigenvalue weighted by molar-refractivity contribution is 5.55. The minimum Gasteiger partial charge on any atom is -0.399 e. The first-order valence-corrected chi connectivity index (χ1v) is 3.82. The van der Waals surface area contributed by atoms with Crippen LogP contribution in [0.15, 0.2) is 12.1 Å². The van der Waals surface area contributed by atoms with E-state index in [9.17, 15) is 13.6 Å². The number of nitrogens with two attached hydrogens (primary N) is 1. The number of carbonyl (C=O) groups excluding carboxylic acids is 1. The van der Waals surface area contributed by atoms with Crippen LogP contribution in [0.1, 0.15) is 12.0 Å². The van der Waals surface area contributed by atoms with Crippen molar-refractivity contribution in [2.24, 2.45) is 0 Å². The van der Waals surface area contributed by atoms with E-state index >= 15 is 0 Å². The molecule has 0 saturated heterocycles. The fourth-order valence-electron chi connectivity index (χ4n) is 0.893. The van der Waals surface area contributed by atoms with E-state index in [4.69, 9.17) is 5.73 Å². The summed E-state index contributed by atoms with van der Waals surface area (Å²) in [7, 11) is 0. The van der Waals surface area contributed by atoms with Crippen molar-refractivity contribution in [2.45, 2.75) is 6.42 Å². The average molecular weight is 195 g/mol. The zero-order chi connectivity index (χ0) is 10.6. The standard InChI is InChI=1S/C10H7F2NO/c11-9-5-7(13)6-10(12)8(9)3-1-2-4-14/h4-6H,2,13H2. The zero-order valence-corrected chi connectivity index (χ0v) is 7.18. The average Bonchev–Trinajstić information content (AvgIpc) is 2.09. The summed E-state index contributed by atoms with van der Waals surface area (Å²) >= 11 is 0. The summed E-state index contributed by atoms with van der Waals surface area (Å²) in [5, 5.41) is 0. The van der Waals surface area contributed by atoms with Crippen LogP contribution in [0.4, 0.5) is 14.5 Å². The first-order chi connectivity index (χ1) is 6.65. The number of aldehydes is 1. The fraction of sp³-hybridized carbons (Fsp3) is 0.100. The van der Waals surface area contributed by atoms with E-state index in [-0.39, 0.29) is 17.7 Å². The maximum atomic E-state index is 13.0. The largest absolute Gasteiger partial charge is 0.399 e. The molecule has 2 N–H and O–H groups in total. The molecule has 14 heavy (non-hydrogen) atoms. The number of anilines is 1. The lowest BCUT2D eigenvalue weighted by Crippen LogP contribution is -1.94. The molecule has 0 spiro atoms. The molecule has 2 nitrogen and oxygen atoms in total. The highest BCUT2D eigenvalue weighted by atomic mass is 19.1. The Morgan fingerprint density at radius 1 is 1.36 bits per heavy atom. The van der Waals surface area contributed by atoms with E-state index in [0.29, 0.717) is 6.29 Å². The number of halogens is 2. The van der Waals surface area contributed by atoms with Gasteiger partial charge in [0.15, 0.2) is 0 Å². The summed E-state index contributed by atoms with van der Waals surface area (Å²) in [5.41, 5.74) is 4.84. The summed E-state index contributed by atoms with van der Waals surface area (Å²) in [4.78, 5) is 9.91. The van der Waals surface area contributed by atoms with Crippen LogP contribution in [0.5, 0.6) is 0 Å². The molecule has 0 aliphatic heterocycles. The van der Waals surface area contributed by atoms with Crippen molar-refractivity contribution in [3.63, 3.8) is 0 Å². The lowest BCUT2D eigenvalue weighted by molar-refractivity contribution is -0.107. The van der Waals surface area contributed by atoms with Gasteiger partial charge in [-0.3, -0.25) is 0 Å². The normalized spacial score (nSPS) is 9.00. The van der Waals surface area contributed by atoms with Crippen LogP contribution in [0.2, 0.25) is 0 Å². The number of carbonyl (C=O) groups is 1. The van der Waals surface area contributed by atoms with Gasteiger partial charge in [-0.05, 0) is 12.1 Å². The van der Waals surface area contributed by atoms with Crippen molar-refractivity contribution >= 4 is 12.0 Å². The van der Waals surface area contributed by atoms with Crippen molar-refractivity contribution in [1.29, 1.82) is 0 Å². The Labute approximate surface area is 79.7 Å². The van der Waals surface area contributed by atoms with Crippen LogP contribution >= 0.6 is 0 Å². The molecule has 0 fully saturated rings. The first kappa shape index (κ1) is 10.2. The molecule has 0 bridgehead atoms. The molecule has 0 aliphatic rings. The zero-order valence-electron chi connectivity index (χ0n) is 7.18. The van der Waals surface area contributed by atoms with Gasteiger partial charge in [-0.15, -0.1) is 0 Å². The third kappa shape index (κ3) is 2.30. The molecule has 4 heteroatoms. The van der Waals surface area contributed by atoms with E-state index in [1.165, 1.54) is 0 Å². The monoisotopic (exact) mass is 195 g/mol. The lowest BCUT2D eigenvalue weighted by Gasteiger charge is -1.98. The van der Waals surface area contributed by atoms with Crippen molar-refractivity contribution in [2.75, 3.05) is 5.73 Å². The fourth-order valence-corrected chi connectivity index (χ4v) is 0.893. The smallest absolute Gasteiger partial charge is 0.143 e. The van der Waals surface area contributed by atoms with Gasteiger partial charge in [-0.2, -0.15) is 0 Å². The number of rotatable bonds is 1. The lowest BCUT2D eigenvalue weighted by atomic mass is 10.2.